The molecule has 0 bridgehead atoms. The summed E-state index contributed by atoms with van der Waals surface area (Å²) in [5.41, 5.74) is 3.17. The molecule has 25 heavy (non-hydrogen) atoms. The van der Waals surface area contributed by atoms with Crippen LogP contribution in [0.4, 0.5) is 5.82 Å². The highest BCUT2D eigenvalue weighted by Crippen LogP contribution is 2.31. The van der Waals surface area contributed by atoms with Crippen molar-refractivity contribution < 1.29 is 9.47 Å². The molecule has 0 unspecified atom stereocenters. The first-order valence-corrected chi connectivity index (χ1v) is 9.10. The first kappa shape index (κ1) is 16.1. The Morgan fingerprint density at radius 1 is 1.08 bits per heavy atom. The Morgan fingerprint density at radius 2 is 1.88 bits per heavy atom. The number of hydrogen-bond acceptors (Lipinski definition) is 6. The number of anilines is 1. The summed E-state index contributed by atoms with van der Waals surface area (Å²) < 4.78 is 10.6. The van der Waals surface area contributed by atoms with E-state index in [2.05, 4.69) is 21.3 Å². The van der Waals surface area contributed by atoms with Crippen LogP contribution in [0, 0.1) is 0 Å². The largest absolute Gasteiger partial charge is 0.497 e. The average molecular weight is 353 g/mol. The maximum Gasteiger partial charge on any atom is 0.129 e. The van der Waals surface area contributed by atoms with Gasteiger partial charge in [0, 0.05) is 35.8 Å². The molecule has 128 valence electrons. The standard InChI is InChI=1S/C19H19N3O2S/c1-23-16-4-2-14(3-5-16)17-13-25-19(21-17)15-6-7-20-18(12-15)22-8-10-24-11-9-22/h2-7,12-13H,8-11H2,1H3. The number of rotatable bonds is 4. The van der Waals surface area contributed by atoms with E-state index in [9.17, 15) is 0 Å². The molecular weight excluding hydrogens is 334 g/mol. The molecule has 1 aromatic carbocycles. The highest BCUT2D eigenvalue weighted by molar-refractivity contribution is 7.13. The van der Waals surface area contributed by atoms with Crippen molar-refractivity contribution in [2.75, 3.05) is 38.3 Å². The third-order valence-electron chi connectivity index (χ3n) is 4.22. The Kier molecular flexibility index (Phi) is 4.63. The molecule has 2 aromatic heterocycles. The van der Waals surface area contributed by atoms with Crippen LogP contribution in [0.25, 0.3) is 21.8 Å². The van der Waals surface area contributed by atoms with Gasteiger partial charge in [-0.2, -0.15) is 0 Å². The summed E-state index contributed by atoms with van der Waals surface area (Å²) in [6.45, 7) is 3.27. The number of aromatic nitrogens is 2. The van der Waals surface area contributed by atoms with Gasteiger partial charge in [0.2, 0.25) is 0 Å². The van der Waals surface area contributed by atoms with Crippen molar-refractivity contribution in [2.45, 2.75) is 0 Å². The third-order valence-corrected chi connectivity index (χ3v) is 5.11. The van der Waals surface area contributed by atoms with E-state index in [4.69, 9.17) is 14.5 Å². The summed E-state index contributed by atoms with van der Waals surface area (Å²) in [6.07, 6.45) is 1.86. The number of morpholine rings is 1. The van der Waals surface area contributed by atoms with E-state index >= 15 is 0 Å². The Bertz CT molecular complexity index is 842. The summed E-state index contributed by atoms with van der Waals surface area (Å²) in [4.78, 5) is 11.6. The first-order valence-electron chi connectivity index (χ1n) is 8.22. The van der Waals surface area contributed by atoms with Gasteiger partial charge in [-0.3, -0.25) is 0 Å². The minimum absolute atomic E-state index is 0.755. The Labute approximate surface area is 150 Å². The number of benzene rings is 1. The molecule has 1 aliphatic rings. The van der Waals surface area contributed by atoms with Gasteiger partial charge in [-0.1, -0.05) is 0 Å². The molecule has 1 fully saturated rings. The Hall–Kier alpha value is -2.44. The lowest BCUT2D eigenvalue weighted by atomic mass is 10.1. The van der Waals surface area contributed by atoms with Gasteiger partial charge in [-0.25, -0.2) is 9.97 Å². The molecule has 0 amide bonds. The molecule has 0 aliphatic carbocycles. The van der Waals surface area contributed by atoms with Gasteiger partial charge in [-0.05, 0) is 36.4 Å². The lowest BCUT2D eigenvalue weighted by Crippen LogP contribution is -2.36. The fourth-order valence-electron chi connectivity index (χ4n) is 2.82. The van der Waals surface area contributed by atoms with E-state index in [0.717, 1.165) is 59.7 Å². The lowest BCUT2D eigenvalue weighted by molar-refractivity contribution is 0.122. The van der Waals surface area contributed by atoms with E-state index in [1.807, 2.05) is 36.5 Å². The van der Waals surface area contributed by atoms with Gasteiger partial charge in [-0.15, -0.1) is 11.3 Å². The van der Waals surface area contributed by atoms with Crippen LogP contribution in [0.15, 0.2) is 48.0 Å². The van der Waals surface area contributed by atoms with Crippen LogP contribution in [0.1, 0.15) is 0 Å². The van der Waals surface area contributed by atoms with Crippen molar-refractivity contribution >= 4 is 17.2 Å². The summed E-state index contributed by atoms with van der Waals surface area (Å²) in [6, 6.07) is 12.1. The molecule has 0 N–H and O–H groups in total. The second-order valence-electron chi connectivity index (χ2n) is 5.77. The zero-order valence-corrected chi connectivity index (χ0v) is 14.8. The van der Waals surface area contributed by atoms with Gasteiger partial charge in [0.05, 0.1) is 26.0 Å². The Morgan fingerprint density at radius 3 is 2.64 bits per heavy atom. The van der Waals surface area contributed by atoms with E-state index < -0.39 is 0 Å². The molecule has 0 saturated carbocycles. The summed E-state index contributed by atoms with van der Waals surface area (Å²) in [5.74, 6) is 1.84. The summed E-state index contributed by atoms with van der Waals surface area (Å²) >= 11 is 1.65. The van der Waals surface area contributed by atoms with Crippen molar-refractivity contribution in [1.29, 1.82) is 0 Å². The molecule has 5 nitrogen and oxygen atoms in total. The number of methoxy groups -OCH3 is 1. The predicted octanol–water partition coefficient (Wildman–Crippen LogP) is 3.72. The predicted molar refractivity (Wildman–Crippen MR) is 100 cm³/mol. The molecule has 3 aromatic rings. The molecule has 3 heterocycles. The van der Waals surface area contributed by atoms with Crippen LogP contribution in [0.3, 0.4) is 0 Å². The van der Waals surface area contributed by atoms with Crippen molar-refractivity contribution in [2.24, 2.45) is 0 Å². The van der Waals surface area contributed by atoms with Crippen LogP contribution in [0.2, 0.25) is 0 Å². The van der Waals surface area contributed by atoms with Gasteiger partial charge >= 0.3 is 0 Å². The van der Waals surface area contributed by atoms with Crippen LogP contribution in [-0.2, 0) is 4.74 Å². The van der Waals surface area contributed by atoms with Gasteiger partial charge in [0.15, 0.2) is 0 Å². The van der Waals surface area contributed by atoms with Crippen LogP contribution in [-0.4, -0.2) is 43.4 Å². The topological polar surface area (TPSA) is 47.5 Å². The highest BCUT2D eigenvalue weighted by Gasteiger charge is 2.14. The minimum atomic E-state index is 0.755. The number of hydrogen-bond donors (Lipinski definition) is 0. The summed E-state index contributed by atoms with van der Waals surface area (Å²) in [7, 11) is 1.67. The monoisotopic (exact) mass is 353 g/mol. The highest BCUT2D eigenvalue weighted by atomic mass is 32.1. The molecule has 1 aliphatic heterocycles. The molecule has 0 atom stereocenters. The zero-order valence-electron chi connectivity index (χ0n) is 14.0. The van der Waals surface area contributed by atoms with Crippen molar-refractivity contribution in [3.05, 3.63) is 48.0 Å². The number of nitrogens with zero attached hydrogens (tertiary/aromatic N) is 3. The third kappa shape index (κ3) is 3.50. The second-order valence-corrected chi connectivity index (χ2v) is 6.63. The lowest BCUT2D eigenvalue weighted by Gasteiger charge is -2.27. The first-order chi connectivity index (χ1) is 12.3. The minimum Gasteiger partial charge on any atom is -0.497 e. The van der Waals surface area contributed by atoms with Crippen molar-refractivity contribution in [3.63, 3.8) is 0 Å². The smallest absolute Gasteiger partial charge is 0.129 e. The van der Waals surface area contributed by atoms with Crippen molar-refractivity contribution in [3.8, 4) is 27.6 Å². The Balaban J connectivity index is 1.59. The summed E-state index contributed by atoms with van der Waals surface area (Å²) in [5, 5.41) is 3.09. The molecule has 1 saturated heterocycles. The van der Waals surface area contributed by atoms with E-state index in [-0.39, 0.29) is 0 Å². The van der Waals surface area contributed by atoms with E-state index in [1.165, 1.54) is 0 Å². The van der Waals surface area contributed by atoms with E-state index in [0.29, 0.717) is 0 Å². The molecule has 4 rings (SSSR count). The maximum absolute atomic E-state index is 5.42. The quantitative estimate of drug-likeness (QED) is 0.715. The van der Waals surface area contributed by atoms with Crippen LogP contribution < -0.4 is 9.64 Å². The normalized spacial score (nSPS) is 14.5. The number of pyridine rings is 1. The van der Waals surface area contributed by atoms with Gasteiger partial charge in [0.25, 0.3) is 0 Å². The second kappa shape index (κ2) is 7.21. The number of ether oxygens (including phenoxy) is 2. The maximum atomic E-state index is 5.42. The fourth-order valence-corrected chi connectivity index (χ4v) is 3.64. The molecule has 0 spiro atoms. The molecule has 6 heteroatoms. The van der Waals surface area contributed by atoms with Crippen LogP contribution in [0.5, 0.6) is 5.75 Å². The SMILES string of the molecule is COc1ccc(-c2csc(-c3ccnc(N4CCOCC4)c3)n2)cc1. The number of thiazole rings is 1. The van der Waals surface area contributed by atoms with E-state index in [1.54, 1.807) is 18.4 Å². The molecular formula is C19H19N3O2S. The zero-order chi connectivity index (χ0) is 17.1. The van der Waals surface area contributed by atoms with Crippen LogP contribution >= 0.6 is 11.3 Å². The average Bonchev–Trinajstić information content (AvgIpc) is 3.19. The van der Waals surface area contributed by atoms with Crippen molar-refractivity contribution in [1.82, 2.24) is 9.97 Å². The fraction of sp³-hybridized carbons (Fsp3) is 0.263. The van der Waals surface area contributed by atoms with Gasteiger partial charge < -0.3 is 14.4 Å². The van der Waals surface area contributed by atoms with Gasteiger partial charge in [0.1, 0.15) is 16.6 Å². The molecule has 0 radical (unpaired) electrons.